The third-order valence-electron chi connectivity index (χ3n) is 5.97. The van der Waals surface area contributed by atoms with Crippen LogP contribution in [0.4, 0.5) is 5.69 Å². The number of imidazole rings is 1. The smallest absolute Gasteiger partial charge is 0.253 e. The van der Waals surface area contributed by atoms with Crippen LogP contribution < -0.4 is 10.6 Å². The highest BCUT2D eigenvalue weighted by atomic mass is 16.5. The van der Waals surface area contributed by atoms with Crippen LogP contribution in [0, 0.1) is 5.92 Å². The number of furan rings is 1. The van der Waals surface area contributed by atoms with Crippen molar-refractivity contribution in [2.24, 2.45) is 5.92 Å². The number of nitrogens with one attached hydrogen (secondary N) is 2. The van der Waals surface area contributed by atoms with Gasteiger partial charge in [0.1, 0.15) is 5.76 Å². The van der Waals surface area contributed by atoms with Crippen molar-refractivity contribution in [3.8, 4) is 0 Å². The van der Waals surface area contributed by atoms with E-state index in [0.29, 0.717) is 42.9 Å². The number of amides is 2. The van der Waals surface area contributed by atoms with Gasteiger partial charge in [-0.1, -0.05) is 19.3 Å². The number of rotatable bonds is 9. The Labute approximate surface area is 187 Å². The summed E-state index contributed by atoms with van der Waals surface area (Å²) < 4.78 is 12.4. The standard InChI is InChI=1S/C24H30N4O4/c1-31-13-11-28-16-26-21-15-18(27-23(29)17-6-3-2-4-7-17)14-20(22(21)28)24(30)25-10-9-19-8-5-12-32-19/h5,8,12,14-17H,2-4,6-7,9-11,13H2,1H3,(H,25,30)(H,27,29). The zero-order valence-corrected chi connectivity index (χ0v) is 18.4. The Kier molecular flexibility index (Phi) is 7.21. The molecule has 0 aliphatic heterocycles. The molecule has 2 aromatic heterocycles. The van der Waals surface area contributed by atoms with Gasteiger partial charge < -0.3 is 24.4 Å². The summed E-state index contributed by atoms with van der Waals surface area (Å²) in [5.74, 6) is 0.653. The number of carbonyl (C=O) groups is 2. The molecule has 0 spiro atoms. The highest BCUT2D eigenvalue weighted by molar-refractivity contribution is 6.07. The van der Waals surface area contributed by atoms with Crippen LogP contribution in [0.15, 0.2) is 41.3 Å². The van der Waals surface area contributed by atoms with Crippen molar-refractivity contribution in [1.29, 1.82) is 0 Å². The second-order valence-corrected chi connectivity index (χ2v) is 8.23. The van der Waals surface area contributed by atoms with Gasteiger partial charge >= 0.3 is 0 Å². The van der Waals surface area contributed by atoms with E-state index in [0.717, 1.165) is 37.0 Å². The number of hydrogen-bond acceptors (Lipinski definition) is 5. The molecule has 1 fully saturated rings. The molecular formula is C24H30N4O4. The van der Waals surface area contributed by atoms with Crippen molar-refractivity contribution in [3.63, 3.8) is 0 Å². The molecule has 2 amide bonds. The molecule has 1 aromatic carbocycles. The number of anilines is 1. The van der Waals surface area contributed by atoms with E-state index >= 15 is 0 Å². The quantitative estimate of drug-likeness (QED) is 0.530. The minimum atomic E-state index is -0.213. The van der Waals surface area contributed by atoms with Gasteiger partial charge in [0, 0.05) is 38.2 Å². The third kappa shape index (κ3) is 5.19. The number of ether oxygens (including phenoxy) is 1. The largest absolute Gasteiger partial charge is 0.469 e. The Hall–Kier alpha value is -3.13. The van der Waals surface area contributed by atoms with E-state index in [1.165, 1.54) is 6.42 Å². The first kappa shape index (κ1) is 22.1. The van der Waals surface area contributed by atoms with Gasteiger partial charge in [-0.25, -0.2) is 4.98 Å². The van der Waals surface area contributed by atoms with E-state index in [2.05, 4.69) is 15.6 Å². The summed E-state index contributed by atoms with van der Waals surface area (Å²) in [4.78, 5) is 30.4. The first-order valence-electron chi connectivity index (χ1n) is 11.2. The van der Waals surface area contributed by atoms with E-state index < -0.39 is 0 Å². The molecular weight excluding hydrogens is 408 g/mol. The minimum absolute atomic E-state index is 0.0204. The van der Waals surface area contributed by atoms with E-state index in [4.69, 9.17) is 9.15 Å². The van der Waals surface area contributed by atoms with Gasteiger partial charge in [0.15, 0.2) is 0 Å². The summed E-state index contributed by atoms with van der Waals surface area (Å²) in [5, 5.41) is 5.98. The predicted octanol–water partition coefficient (Wildman–Crippen LogP) is 3.77. The van der Waals surface area contributed by atoms with Crippen LogP contribution in [-0.4, -0.2) is 41.6 Å². The van der Waals surface area contributed by atoms with Gasteiger partial charge in [-0.3, -0.25) is 9.59 Å². The fraction of sp³-hybridized carbons (Fsp3) is 0.458. The van der Waals surface area contributed by atoms with Crippen molar-refractivity contribution in [3.05, 3.63) is 48.2 Å². The molecule has 170 valence electrons. The van der Waals surface area contributed by atoms with Gasteiger partial charge in [-0.05, 0) is 37.1 Å². The molecule has 2 heterocycles. The van der Waals surface area contributed by atoms with Crippen molar-refractivity contribution in [2.45, 2.75) is 45.1 Å². The third-order valence-corrected chi connectivity index (χ3v) is 5.97. The van der Waals surface area contributed by atoms with Crippen LogP contribution in [0.25, 0.3) is 11.0 Å². The SMILES string of the molecule is COCCn1cnc2cc(NC(=O)C3CCCCC3)cc(C(=O)NCCc3ccco3)c21. The number of carbonyl (C=O) groups excluding carboxylic acids is 2. The van der Waals surface area contributed by atoms with Crippen LogP contribution in [0.1, 0.15) is 48.2 Å². The summed E-state index contributed by atoms with van der Waals surface area (Å²) in [6.07, 6.45) is 9.12. The molecule has 0 bridgehead atoms. The van der Waals surface area contributed by atoms with E-state index in [1.54, 1.807) is 25.8 Å². The molecule has 0 saturated heterocycles. The fourth-order valence-corrected chi connectivity index (χ4v) is 4.27. The zero-order valence-electron chi connectivity index (χ0n) is 18.4. The maximum absolute atomic E-state index is 13.1. The molecule has 0 atom stereocenters. The topological polar surface area (TPSA) is 98.4 Å². The number of methoxy groups -OCH3 is 1. The Morgan fingerprint density at radius 2 is 2.09 bits per heavy atom. The summed E-state index contributed by atoms with van der Waals surface area (Å²) >= 11 is 0. The summed E-state index contributed by atoms with van der Waals surface area (Å²) in [6.45, 7) is 1.53. The predicted molar refractivity (Wildman–Crippen MR) is 122 cm³/mol. The molecule has 0 radical (unpaired) electrons. The maximum atomic E-state index is 13.1. The number of fused-ring (bicyclic) bond motifs is 1. The molecule has 0 unspecified atom stereocenters. The lowest BCUT2D eigenvalue weighted by molar-refractivity contribution is -0.120. The molecule has 8 heteroatoms. The second kappa shape index (κ2) is 10.5. The first-order chi connectivity index (χ1) is 15.7. The molecule has 1 saturated carbocycles. The minimum Gasteiger partial charge on any atom is -0.469 e. The Morgan fingerprint density at radius 1 is 1.25 bits per heavy atom. The highest BCUT2D eigenvalue weighted by Crippen LogP contribution is 2.27. The van der Waals surface area contributed by atoms with Crippen molar-refractivity contribution in [1.82, 2.24) is 14.9 Å². The normalized spacial score (nSPS) is 14.5. The molecule has 1 aliphatic rings. The Morgan fingerprint density at radius 3 is 2.84 bits per heavy atom. The lowest BCUT2D eigenvalue weighted by atomic mass is 9.88. The van der Waals surface area contributed by atoms with Crippen LogP contribution in [0.5, 0.6) is 0 Å². The average Bonchev–Trinajstić information content (AvgIpc) is 3.47. The van der Waals surface area contributed by atoms with Gasteiger partial charge in [-0.15, -0.1) is 0 Å². The molecule has 8 nitrogen and oxygen atoms in total. The zero-order chi connectivity index (χ0) is 22.3. The van der Waals surface area contributed by atoms with E-state index in [-0.39, 0.29) is 17.7 Å². The lowest BCUT2D eigenvalue weighted by Gasteiger charge is -2.21. The average molecular weight is 439 g/mol. The van der Waals surface area contributed by atoms with Gasteiger partial charge in [0.25, 0.3) is 5.91 Å². The molecule has 3 aromatic rings. The Balaban J connectivity index is 1.56. The highest BCUT2D eigenvalue weighted by Gasteiger charge is 2.23. The first-order valence-corrected chi connectivity index (χ1v) is 11.2. The van der Waals surface area contributed by atoms with Crippen LogP contribution in [0.3, 0.4) is 0 Å². The van der Waals surface area contributed by atoms with Gasteiger partial charge in [-0.2, -0.15) is 0 Å². The van der Waals surface area contributed by atoms with Crippen LogP contribution in [-0.2, 0) is 22.5 Å². The number of benzene rings is 1. The van der Waals surface area contributed by atoms with E-state index in [1.807, 2.05) is 22.8 Å². The van der Waals surface area contributed by atoms with Crippen molar-refractivity contribution < 1.29 is 18.7 Å². The van der Waals surface area contributed by atoms with Gasteiger partial charge in [0.2, 0.25) is 5.91 Å². The summed E-state index contributed by atoms with van der Waals surface area (Å²) in [5.41, 5.74) is 2.47. The number of aromatic nitrogens is 2. The number of hydrogen-bond donors (Lipinski definition) is 2. The monoisotopic (exact) mass is 438 g/mol. The van der Waals surface area contributed by atoms with Gasteiger partial charge in [0.05, 0.1) is 35.8 Å². The molecule has 4 rings (SSSR count). The summed E-state index contributed by atoms with van der Waals surface area (Å²) in [7, 11) is 1.64. The lowest BCUT2D eigenvalue weighted by Crippen LogP contribution is -2.27. The van der Waals surface area contributed by atoms with Crippen molar-refractivity contribution in [2.75, 3.05) is 25.6 Å². The molecule has 2 N–H and O–H groups in total. The van der Waals surface area contributed by atoms with Crippen LogP contribution >= 0.6 is 0 Å². The second-order valence-electron chi connectivity index (χ2n) is 8.23. The molecule has 32 heavy (non-hydrogen) atoms. The summed E-state index contributed by atoms with van der Waals surface area (Å²) in [6, 6.07) is 7.29. The van der Waals surface area contributed by atoms with Crippen molar-refractivity contribution >= 4 is 28.5 Å². The maximum Gasteiger partial charge on any atom is 0.253 e. The van der Waals surface area contributed by atoms with E-state index in [9.17, 15) is 9.59 Å². The van der Waals surface area contributed by atoms with Crippen LogP contribution in [0.2, 0.25) is 0 Å². The number of nitrogens with zero attached hydrogens (tertiary/aromatic N) is 2. The Bertz CT molecular complexity index is 1050. The molecule has 1 aliphatic carbocycles. The fourth-order valence-electron chi connectivity index (χ4n) is 4.27.